The number of aromatic amines is 1. The molecule has 0 aliphatic rings. The molecule has 0 atom stereocenters. The summed E-state index contributed by atoms with van der Waals surface area (Å²) in [6.45, 7) is 1.86. The lowest BCUT2D eigenvalue weighted by atomic mass is 10.1. The van der Waals surface area contributed by atoms with Gasteiger partial charge in [-0.25, -0.2) is 22.2 Å². The fraction of sp³-hybridized carbons (Fsp3) is 0.100. The highest BCUT2D eigenvalue weighted by molar-refractivity contribution is 7.90. The monoisotopic (exact) mass is 429 g/mol. The summed E-state index contributed by atoms with van der Waals surface area (Å²) in [6, 6.07) is 9.61. The van der Waals surface area contributed by atoms with Crippen LogP contribution in [0.5, 0.6) is 0 Å². The summed E-state index contributed by atoms with van der Waals surface area (Å²) in [6.07, 6.45) is 4.55. The van der Waals surface area contributed by atoms with Crippen molar-refractivity contribution in [3.05, 3.63) is 71.3 Å². The number of aromatic nitrogens is 3. The number of carbonyl (C=O) groups excluding carboxylic acids is 1. The smallest absolute Gasteiger partial charge is 0.355 e. The molecule has 4 aromatic rings. The Bertz CT molecular complexity index is 1340. The first kappa shape index (κ1) is 19.2. The second-order valence-electron chi connectivity index (χ2n) is 6.44. The topological polar surface area (TPSA) is 94.0 Å². The van der Waals surface area contributed by atoms with Gasteiger partial charge in [-0.1, -0.05) is 29.3 Å². The zero-order valence-electron chi connectivity index (χ0n) is 15.5. The van der Waals surface area contributed by atoms with E-state index in [9.17, 15) is 13.2 Å². The van der Waals surface area contributed by atoms with Crippen LogP contribution in [0, 0.1) is 6.92 Å². The molecule has 3 heterocycles. The number of hydrogen-bond donors (Lipinski definition) is 1. The van der Waals surface area contributed by atoms with E-state index in [-0.39, 0.29) is 10.6 Å². The van der Waals surface area contributed by atoms with Gasteiger partial charge in [0, 0.05) is 35.1 Å². The van der Waals surface area contributed by atoms with Crippen LogP contribution >= 0.6 is 11.6 Å². The Kier molecular flexibility index (Phi) is 4.68. The van der Waals surface area contributed by atoms with E-state index in [0.29, 0.717) is 27.2 Å². The Morgan fingerprint density at radius 2 is 1.93 bits per heavy atom. The van der Waals surface area contributed by atoms with Crippen molar-refractivity contribution in [2.24, 2.45) is 0 Å². The lowest BCUT2D eigenvalue weighted by Gasteiger charge is -2.09. The van der Waals surface area contributed by atoms with Crippen LogP contribution in [0.4, 0.5) is 0 Å². The van der Waals surface area contributed by atoms with Gasteiger partial charge in [-0.3, -0.25) is 0 Å². The van der Waals surface area contributed by atoms with Gasteiger partial charge in [0.15, 0.2) is 0 Å². The summed E-state index contributed by atoms with van der Waals surface area (Å²) in [5, 5.41) is 1.04. The lowest BCUT2D eigenvalue weighted by molar-refractivity contribution is 0.0593. The Morgan fingerprint density at radius 1 is 1.21 bits per heavy atom. The normalized spacial score (nSPS) is 11.7. The van der Waals surface area contributed by atoms with Crippen molar-refractivity contribution in [2.45, 2.75) is 11.8 Å². The second kappa shape index (κ2) is 7.06. The van der Waals surface area contributed by atoms with Gasteiger partial charge in [0.1, 0.15) is 11.3 Å². The predicted molar refractivity (Wildman–Crippen MR) is 110 cm³/mol. The molecule has 0 spiro atoms. The van der Waals surface area contributed by atoms with E-state index in [1.165, 1.54) is 37.7 Å². The third-order valence-corrected chi connectivity index (χ3v) is 6.56. The third-order valence-electron chi connectivity index (χ3n) is 4.59. The van der Waals surface area contributed by atoms with Crippen molar-refractivity contribution in [3.8, 4) is 11.1 Å². The first-order valence-electron chi connectivity index (χ1n) is 8.58. The standard InChI is InChI=1S/C20H16ClN3O4S/c1-12-3-5-14(6-4-12)29(26,27)24-11-13(9-17(24)20(25)28-2)18-15-7-8-22-19(15)23-10-16(18)21/h3-11H,1-2H3,(H,22,23). The molecule has 0 radical (unpaired) electrons. The highest BCUT2D eigenvalue weighted by Crippen LogP contribution is 2.36. The number of aryl methyl sites for hydroxylation is 1. The molecular weight excluding hydrogens is 414 g/mol. The summed E-state index contributed by atoms with van der Waals surface area (Å²) >= 11 is 6.37. The molecule has 0 saturated heterocycles. The van der Waals surface area contributed by atoms with Crippen molar-refractivity contribution in [2.75, 3.05) is 7.11 Å². The van der Waals surface area contributed by atoms with Gasteiger partial charge in [0.2, 0.25) is 0 Å². The molecule has 0 bridgehead atoms. The number of benzene rings is 1. The number of nitrogens with zero attached hydrogens (tertiary/aromatic N) is 2. The summed E-state index contributed by atoms with van der Waals surface area (Å²) < 4.78 is 32.2. The van der Waals surface area contributed by atoms with Gasteiger partial charge in [-0.2, -0.15) is 0 Å². The number of pyridine rings is 1. The molecular formula is C20H16ClN3O4S. The molecule has 0 saturated carbocycles. The van der Waals surface area contributed by atoms with Crippen molar-refractivity contribution in [3.63, 3.8) is 0 Å². The van der Waals surface area contributed by atoms with Gasteiger partial charge in [-0.15, -0.1) is 0 Å². The number of rotatable bonds is 4. The Hall–Kier alpha value is -3.10. The van der Waals surface area contributed by atoms with Crippen LogP contribution in [0.25, 0.3) is 22.2 Å². The molecule has 0 unspecified atom stereocenters. The van der Waals surface area contributed by atoms with Crippen molar-refractivity contribution in [1.29, 1.82) is 0 Å². The number of ether oxygens (including phenoxy) is 1. The SMILES string of the molecule is COC(=O)c1cc(-c2c(Cl)cnc3[nH]ccc23)cn1S(=O)(=O)c1ccc(C)cc1. The number of H-pyrrole nitrogens is 1. The lowest BCUT2D eigenvalue weighted by Crippen LogP contribution is -2.18. The molecule has 0 aliphatic carbocycles. The van der Waals surface area contributed by atoms with E-state index in [4.69, 9.17) is 16.3 Å². The van der Waals surface area contributed by atoms with E-state index in [1.54, 1.807) is 24.4 Å². The number of hydrogen-bond acceptors (Lipinski definition) is 5. The first-order valence-corrected chi connectivity index (χ1v) is 10.4. The molecule has 0 amide bonds. The maximum absolute atomic E-state index is 13.2. The summed E-state index contributed by atoms with van der Waals surface area (Å²) in [4.78, 5) is 19.6. The summed E-state index contributed by atoms with van der Waals surface area (Å²) in [5.74, 6) is -0.776. The minimum atomic E-state index is -4.03. The average Bonchev–Trinajstić information content (AvgIpc) is 3.35. The van der Waals surface area contributed by atoms with Crippen molar-refractivity contribution < 1.29 is 17.9 Å². The number of carbonyl (C=O) groups is 1. The van der Waals surface area contributed by atoms with Gasteiger partial charge >= 0.3 is 5.97 Å². The maximum Gasteiger partial charge on any atom is 0.355 e. The van der Waals surface area contributed by atoms with E-state index in [0.717, 1.165) is 9.54 Å². The number of methoxy groups -OCH3 is 1. The van der Waals surface area contributed by atoms with E-state index in [1.807, 2.05) is 6.92 Å². The molecule has 7 nitrogen and oxygen atoms in total. The van der Waals surface area contributed by atoms with Crippen LogP contribution in [0.1, 0.15) is 16.1 Å². The number of nitrogens with one attached hydrogen (secondary N) is 1. The second-order valence-corrected chi connectivity index (χ2v) is 8.66. The van der Waals surface area contributed by atoms with Crippen molar-refractivity contribution in [1.82, 2.24) is 13.9 Å². The fourth-order valence-corrected chi connectivity index (χ4v) is 4.74. The highest BCUT2D eigenvalue weighted by Gasteiger charge is 2.26. The minimum Gasteiger partial charge on any atom is -0.464 e. The van der Waals surface area contributed by atoms with Gasteiger partial charge in [0.25, 0.3) is 10.0 Å². The zero-order valence-corrected chi connectivity index (χ0v) is 17.1. The van der Waals surface area contributed by atoms with Gasteiger partial charge in [0.05, 0.1) is 17.0 Å². The van der Waals surface area contributed by atoms with Crippen molar-refractivity contribution >= 4 is 38.6 Å². The van der Waals surface area contributed by atoms with Gasteiger partial charge < -0.3 is 9.72 Å². The molecule has 9 heteroatoms. The summed E-state index contributed by atoms with van der Waals surface area (Å²) in [7, 11) is -2.84. The van der Waals surface area contributed by atoms with Crippen LogP contribution < -0.4 is 0 Å². The average molecular weight is 430 g/mol. The molecule has 0 aliphatic heterocycles. The van der Waals surface area contributed by atoms with E-state index in [2.05, 4.69) is 9.97 Å². The molecule has 29 heavy (non-hydrogen) atoms. The largest absolute Gasteiger partial charge is 0.464 e. The molecule has 148 valence electrons. The quantitative estimate of drug-likeness (QED) is 0.494. The molecule has 3 aromatic heterocycles. The molecule has 1 aromatic carbocycles. The Labute approximate surface area is 172 Å². The summed E-state index contributed by atoms with van der Waals surface area (Å²) in [5.41, 5.74) is 2.42. The fourth-order valence-electron chi connectivity index (χ4n) is 3.13. The maximum atomic E-state index is 13.2. The predicted octanol–water partition coefficient (Wildman–Crippen LogP) is 4.02. The Morgan fingerprint density at radius 3 is 2.62 bits per heavy atom. The highest BCUT2D eigenvalue weighted by atomic mass is 35.5. The van der Waals surface area contributed by atoms with Crippen LogP contribution in [0.3, 0.4) is 0 Å². The molecule has 4 rings (SSSR count). The molecule has 0 fully saturated rings. The first-order chi connectivity index (χ1) is 13.8. The number of halogens is 1. The van der Waals surface area contributed by atoms with Crippen LogP contribution in [-0.4, -0.2) is 35.4 Å². The van der Waals surface area contributed by atoms with E-state index < -0.39 is 16.0 Å². The Balaban J connectivity index is 1.97. The minimum absolute atomic E-state index is 0.0584. The third kappa shape index (κ3) is 3.20. The van der Waals surface area contributed by atoms with Crippen LogP contribution in [0.15, 0.2) is 59.9 Å². The van der Waals surface area contributed by atoms with Gasteiger partial charge in [-0.05, 0) is 31.2 Å². The number of esters is 1. The van der Waals surface area contributed by atoms with E-state index >= 15 is 0 Å². The number of fused-ring (bicyclic) bond motifs is 1. The molecule has 1 N–H and O–H groups in total. The zero-order chi connectivity index (χ0) is 20.8. The van der Waals surface area contributed by atoms with Crippen LogP contribution in [0.2, 0.25) is 5.02 Å². The van der Waals surface area contributed by atoms with Crippen LogP contribution in [-0.2, 0) is 14.8 Å².